The number of nitrogens with two attached hydrogens (primary N) is 1. The molecule has 0 radical (unpaired) electrons. The monoisotopic (exact) mass is 280 g/mol. The van der Waals surface area contributed by atoms with Crippen molar-refractivity contribution in [3.63, 3.8) is 0 Å². The molecule has 19 heavy (non-hydrogen) atoms. The van der Waals surface area contributed by atoms with Crippen molar-refractivity contribution in [1.29, 1.82) is 0 Å². The van der Waals surface area contributed by atoms with Crippen molar-refractivity contribution in [2.45, 2.75) is 18.8 Å². The quantitative estimate of drug-likeness (QED) is 0.836. The first kappa shape index (κ1) is 13.8. The highest BCUT2D eigenvalue weighted by molar-refractivity contribution is 7.88. The summed E-state index contributed by atoms with van der Waals surface area (Å²) in [6.45, 7) is 0.611. The van der Waals surface area contributed by atoms with Gasteiger partial charge in [-0.05, 0) is 23.3 Å². The molecule has 0 bridgehead atoms. The molecule has 0 atom stereocenters. The molecule has 5 nitrogen and oxygen atoms in total. The summed E-state index contributed by atoms with van der Waals surface area (Å²) in [4.78, 5) is 0. The average Bonchev–Trinajstić information content (AvgIpc) is 2.90. The Hall–Kier alpha value is -1.63. The summed E-state index contributed by atoms with van der Waals surface area (Å²) >= 11 is 0. The number of rotatable bonds is 6. The number of nitrogens with one attached hydrogen (secondary N) is 1. The molecule has 6 heteroatoms. The van der Waals surface area contributed by atoms with Gasteiger partial charge in [-0.3, -0.25) is 0 Å². The van der Waals surface area contributed by atoms with E-state index in [4.69, 9.17) is 10.2 Å². The smallest absolute Gasteiger partial charge is 0.216 e. The van der Waals surface area contributed by atoms with Gasteiger partial charge < -0.3 is 10.2 Å². The molecule has 0 spiro atoms. The highest BCUT2D eigenvalue weighted by Crippen LogP contribution is 2.08. The second-order valence-corrected chi connectivity index (χ2v) is 5.99. The summed E-state index contributed by atoms with van der Waals surface area (Å²) in [5, 5.41) is 0. The Balaban J connectivity index is 1.96. The summed E-state index contributed by atoms with van der Waals surface area (Å²) in [6.07, 6.45) is 1.51. The molecule has 0 aliphatic rings. The van der Waals surface area contributed by atoms with E-state index in [0.717, 1.165) is 11.1 Å². The van der Waals surface area contributed by atoms with Crippen LogP contribution in [-0.2, 0) is 28.9 Å². The Morgan fingerprint density at radius 1 is 1.11 bits per heavy atom. The van der Waals surface area contributed by atoms with Crippen molar-refractivity contribution >= 4 is 10.0 Å². The van der Waals surface area contributed by atoms with Gasteiger partial charge in [-0.1, -0.05) is 24.3 Å². The van der Waals surface area contributed by atoms with Crippen LogP contribution < -0.4 is 10.5 Å². The standard InChI is InChI=1S/C13H16N2O3S/c14-8-11-3-5-12(6-4-11)10-19(16,17)15-9-13-2-1-7-18-13/h1-7,15H,8-10,14H2. The third kappa shape index (κ3) is 4.20. The molecule has 0 unspecified atom stereocenters. The van der Waals surface area contributed by atoms with Crippen molar-refractivity contribution in [2.75, 3.05) is 0 Å². The number of benzene rings is 1. The fraction of sp³-hybridized carbons (Fsp3) is 0.231. The molecule has 3 N–H and O–H groups in total. The lowest BCUT2D eigenvalue weighted by molar-refractivity contribution is 0.498. The van der Waals surface area contributed by atoms with E-state index in [1.54, 1.807) is 24.3 Å². The molecular weight excluding hydrogens is 264 g/mol. The van der Waals surface area contributed by atoms with Crippen molar-refractivity contribution in [2.24, 2.45) is 5.73 Å². The van der Waals surface area contributed by atoms with Crippen molar-refractivity contribution in [3.05, 3.63) is 59.5 Å². The van der Waals surface area contributed by atoms with Crippen LogP contribution >= 0.6 is 0 Å². The summed E-state index contributed by atoms with van der Waals surface area (Å²) in [7, 11) is -3.37. The van der Waals surface area contributed by atoms with Gasteiger partial charge in [0.1, 0.15) is 5.76 Å². The molecule has 2 rings (SSSR count). The molecule has 102 valence electrons. The second-order valence-electron chi connectivity index (χ2n) is 4.18. The first-order valence-electron chi connectivity index (χ1n) is 5.87. The molecule has 1 aromatic heterocycles. The van der Waals surface area contributed by atoms with Gasteiger partial charge in [0, 0.05) is 6.54 Å². The van der Waals surface area contributed by atoms with Crippen LogP contribution in [-0.4, -0.2) is 8.42 Å². The molecular formula is C13H16N2O3S. The molecule has 0 aliphatic heterocycles. The van der Waals surface area contributed by atoms with E-state index in [9.17, 15) is 8.42 Å². The Labute approximate surface area is 112 Å². The SMILES string of the molecule is NCc1ccc(CS(=O)(=O)NCc2ccco2)cc1. The Morgan fingerprint density at radius 3 is 2.37 bits per heavy atom. The zero-order chi connectivity index (χ0) is 13.7. The fourth-order valence-electron chi connectivity index (χ4n) is 1.64. The van der Waals surface area contributed by atoms with Crippen molar-refractivity contribution in [3.8, 4) is 0 Å². The van der Waals surface area contributed by atoms with Crippen molar-refractivity contribution in [1.82, 2.24) is 4.72 Å². The minimum absolute atomic E-state index is 0.0570. The second kappa shape index (κ2) is 6.01. The van der Waals surface area contributed by atoms with E-state index in [1.807, 2.05) is 12.1 Å². The third-order valence-electron chi connectivity index (χ3n) is 2.66. The largest absolute Gasteiger partial charge is 0.468 e. The van der Waals surface area contributed by atoms with Crippen LogP contribution in [0.1, 0.15) is 16.9 Å². The maximum Gasteiger partial charge on any atom is 0.216 e. The van der Waals surface area contributed by atoms with E-state index in [0.29, 0.717) is 12.3 Å². The molecule has 0 saturated heterocycles. The van der Waals surface area contributed by atoms with Gasteiger partial charge in [0.15, 0.2) is 0 Å². The molecule has 2 aromatic rings. The lowest BCUT2D eigenvalue weighted by Gasteiger charge is -2.06. The van der Waals surface area contributed by atoms with Crippen molar-refractivity contribution < 1.29 is 12.8 Å². The summed E-state index contributed by atoms with van der Waals surface area (Å²) in [6, 6.07) is 10.6. The molecule has 0 aliphatic carbocycles. The topological polar surface area (TPSA) is 85.3 Å². The van der Waals surface area contributed by atoms with Gasteiger partial charge >= 0.3 is 0 Å². The Morgan fingerprint density at radius 2 is 1.79 bits per heavy atom. The van der Waals surface area contributed by atoms with E-state index in [1.165, 1.54) is 6.26 Å². The van der Waals surface area contributed by atoms with Crippen LogP contribution in [0.3, 0.4) is 0 Å². The lowest BCUT2D eigenvalue weighted by Crippen LogP contribution is -2.24. The van der Waals surface area contributed by atoms with Crippen LogP contribution in [0.4, 0.5) is 0 Å². The highest BCUT2D eigenvalue weighted by atomic mass is 32.2. The first-order chi connectivity index (χ1) is 9.09. The maximum absolute atomic E-state index is 11.9. The number of furan rings is 1. The molecule has 0 fully saturated rings. The fourth-order valence-corrected chi connectivity index (χ4v) is 2.73. The van der Waals surface area contributed by atoms with Crippen LogP contribution in [0, 0.1) is 0 Å². The highest BCUT2D eigenvalue weighted by Gasteiger charge is 2.11. The molecule has 1 heterocycles. The van der Waals surface area contributed by atoms with E-state index < -0.39 is 10.0 Å². The predicted octanol–water partition coefficient (Wildman–Crippen LogP) is 1.36. The average molecular weight is 280 g/mol. The van der Waals surface area contributed by atoms with Crippen LogP contribution in [0.2, 0.25) is 0 Å². The van der Waals surface area contributed by atoms with Gasteiger partial charge in [-0.2, -0.15) is 0 Å². The summed E-state index contributed by atoms with van der Waals surface area (Å²) < 4.78 is 31.3. The van der Waals surface area contributed by atoms with Gasteiger partial charge in [0.25, 0.3) is 0 Å². The van der Waals surface area contributed by atoms with Gasteiger partial charge in [0.2, 0.25) is 10.0 Å². The van der Waals surface area contributed by atoms with E-state index >= 15 is 0 Å². The van der Waals surface area contributed by atoms with Gasteiger partial charge in [0.05, 0.1) is 18.6 Å². The zero-order valence-corrected chi connectivity index (χ0v) is 11.2. The first-order valence-corrected chi connectivity index (χ1v) is 7.52. The summed E-state index contributed by atoms with van der Waals surface area (Å²) in [5.41, 5.74) is 7.19. The van der Waals surface area contributed by atoms with E-state index in [2.05, 4.69) is 4.72 Å². The maximum atomic E-state index is 11.9. The van der Waals surface area contributed by atoms with Crippen LogP contribution in [0.5, 0.6) is 0 Å². The number of hydrogen-bond donors (Lipinski definition) is 2. The van der Waals surface area contributed by atoms with Gasteiger partial charge in [-0.15, -0.1) is 0 Å². The third-order valence-corrected chi connectivity index (χ3v) is 3.96. The predicted molar refractivity (Wildman–Crippen MR) is 72.5 cm³/mol. The Kier molecular flexibility index (Phi) is 4.36. The van der Waals surface area contributed by atoms with E-state index in [-0.39, 0.29) is 12.3 Å². The normalized spacial score (nSPS) is 11.6. The number of sulfonamides is 1. The minimum atomic E-state index is -3.37. The molecule has 0 saturated carbocycles. The summed E-state index contributed by atoms with van der Waals surface area (Å²) in [5.74, 6) is 0.528. The van der Waals surface area contributed by atoms with Gasteiger partial charge in [-0.25, -0.2) is 13.1 Å². The zero-order valence-electron chi connectivity index (χ0n) is 10.4. The minimum Gasteiger partial charge on any atom is -0.468 e. The number of hydrogen-bond acceptors (Lipinski definition) is 4. The van der Waals surface area contributed by atoms with Crippen LogP contribution in [0.25, 0.3) is 0 Å². The molecule has 1 aromatic carbocycles. The lowest BCUT2D eigenvalue weighted by atomic mass is 10.1. The Bertz CT molecular complexity index is 604. The molecule has 0 amide bonds. The van der Waals surface area contributed by atoms with Crippen LogP contribution in [0.15, 0.2) is 47.1 Å².